The minimum absolute atomic E-state index is 0.151. The number of β-amino-alcohol motifs (C(OH)–C–C–N with tert-alkyl or cyclic N) is 2. The number of benzene rings is 2. The van der Waals surface area contributed by atoms with Crippen molar-refractivity contribution < 1.29 is 29.4 Å². The lowest BCUT2D eigenvalue weighted by Crippen LogP contribution is -2.46. The van der Waals surface area contributed by atoms with Crippen LogP contribution in [0.4, 0.5) is 0 Å². The fraction of sp³-hybridized carbons (Fsp3) is 0.300. The van der Waals surface area contributed by atoms with Crippen LogP contribution in [-0.2, 0) is 0 Å². The van der Waals surface area contributed by atoms with Crippen molar-refractivity contribution in [3.05, 3.63) is 46.5 Å². The Morgan fingerprint density at radius 3 is 1.11 bits per heavy atom. The van der Waals surface area contributed by atoms with E-state index in [0.29, 0.717) is 0 Å². The topological polar surface area (TPSA) is 115 Å². The van der Waals surface area contributed by atoms with Crippen LogP contribution in [0.5, 0.6) is 0 Å². The van der Waals surface area contributed by atoms with Gasteiger partial charge in [0.2, 0.25) is 0 Å². The van der Waals surface area contributed by atoms with Crippen molar-refractivity contribution in [3.63, 3.8) is 0 Å². The number of nitrogens with zero attached hydrogens (tertiary/aromatic N) is 2. The molecule has 0 aromatic heterocycles. The molecule has 4 rings (SSSR count). The van der Waals surface area contributed by atoms with E-state index in [1.807, 2.05) is 0 Å². The van der Waals surface area contributed by atoms with Gasteiger partial charge >= 0.3 is 0 Å². The quantitative estimate of drug-likeness (QED) is 0.756. The molecule has 28 heavy (non-hydrogen) atoms. The molecule has 0 fully saturated rings. The maximum atomic E-state index is 12.8. The molecule has 0 bridgehead atoms. The lowest BCUT2D eigenvalue weighted by molar-refractivity contribution is 0.0503. The molecule has 8 heteroatoms. The Balaban J connectivity index is 1.96. The molecule has 0 aliphatic carbocycles. The highest BCUT2D eigenvalue weighted by Gasteiger charge is 2.39. The van der Waals surface area contributed by atoms with Gasteiger partial charge in [0.25, 0.3) is 23.6 Å². The second-order valence-electron chi connectivity index (χ2n) is 7.21. The predicted octanol–water partition coefficient (Wildman–Crippen LogP) is 0.793. The number of aliphatic hydroxyl groups is 2. The zero-order valence-corrected chi connectivity index (χ0v) is 15.3. The Hall–Kier alpha value is -3.10. The molecule has 8 nitrogen and oxygen atoms in total. The van der Waals surface area contributed by atoms with Crippen LogP contribution >= 0.6 is 0 Å². The smallest absolute Gasteiger partial charge is 0.261 e. The van der Waals surface area contributed by atoms with Crippen LogP contribution < -0.4 is 0 Å². The summed E-state index contributed by atoms with van der Waals surface area (Å²) in [7, 11) is 0. The third-order valence-electron chi connectivity index (χ3n) is 4.96. The summed E-state index contributed by atoms with van der Waals surface area (Å²) in [5.41, 5.74) is 0.835. The SMILES string of the molecule is C[C@@H](O)CN1C(=O)c2ccc3c4c(ccc(c24)C1=O)C(=O)N(C[C@@H](C)O)C3=O. The summed E-state index contributed by atoms with van der Waals surface area (Å²) >= 11 is 0. The van der Waals surface area contributed by atoms with Gasteiger partial charge in [0.15, 0.2) is 0 Å². The number of amides is 4. The Morgan fingerprint density at radius 1 is 0.643 bits per heavy atom. The molecule has 0 spiro atoms. The first-order valence-electron chi connectivity index (χ1n) is 8.90. The largest absolute Gasteiger partial charge is 0.392 e. The first kappa shape index (κ1) is 18.3. The van der Waals surface area contributed by atoms with Crippen molar-refractivity contribution in [2.75, 3.05) is 13.1 Å². The molecule has 2 N–H and O–H groups in total. The summed E-state index contributed by atoms with van der Waals surface area (Å²) in [6.45, 7) is 2.65. The van der Waals surface area contributed by atoms with Crippen molar-refractivity contribution in [1.82, 2.24) is 9.80 Å². The summed E-state index contributed by atoms with van der Waals surface area (Å²) < 4.78 is 0. The summed E-state index contributed by atoms with van der Waals surface area (Å²) in [5.74, 6) is -2.30. The van der Waals surface area contributed by atoms with Gasteiger partial charge in [-0.25, -0.2) is 0 Å². The van der Waals surface area contributed by atoms with E-state index in [-0.39, 0.29) is 46.1 Å². The van der Waals surface area contributed by atoms with Gasteiger partial charge in [-0.1, -0.05) is 0 Å². The van der Waals surface area contributed by atoms with Crippen LogP contribution in [0.15, 0.2) is 24.3 Å². The first-order chi connectivity index (χ1) is 13.2. The molecule has 2 aliphatic rings. The van der Waals surface area contributed by atoms with Crippen LogP contribution in [0.3, 0.4) is 0 Å². The van der Waals surface area contributed by atoms with Crippen LogP contribution in [-0.4, -0.2) is 68.9 Å². The molecular formula is C20H18N2O6. The Morgan fingerprint density at radius 2 is 0.893 bits per heavy atom. The first-order valence-corrected chi connectivity index (χ1v) is 8.90. The molecule has 2 aromatic carbocycles. The summed E-state index contributed by atoms with van der Waals surface area (Å²) in [6.07, 6.45) is -1.78. The number of carbonyl (C=O) groups is 4. The van der Waals surface area contributed by atoms with Gasteiger partial charge in [-0.05, 0) is 38.1 Å². The van der Waals surface area contributed by atoms with Crippen LogP contribution in [0, 0.1) is 0 Å². The Labute approximate surface area is 160 Å². The monoisotopic (exact) mass is 382 g/mol. The third-order valence-corrected chi connectivity index (χ3v) is 4.96. The van der Waals surface area contributed by atoms with Gasteiger partial charge in [0, 0.05) is 33.0 Å². The van der Waals surface area contributed by atoms with Crippen molar-refractivity contribution in [3.8, 4) is 0 Å². The van der Waals surface area contributed by atoms with Gasteiger partial charge in [-0.15, -0.1) is 0 Å². The lowest BCUT2D eigenvalue weighted by Gasteiger charge is -2.32. The zero-order valence-electron chi connectivity index (χ0n) is 15.3. The van der Waals surface area contributed by atoms with Gasteiger partial charge < -0.3 is 10.2 Å². The average molecular weight is 382 g/mol. The minimum atomic E-state index is -0.889. The standard InChI is InChI=1S/C20H18N2O6/c1-9(23)7-21-17(25)11-3-5-13-16-14(6-4-12(15(11)16)18(21)26)20(28)22(19(13)27)8-10(2)24/h3-6,9-10,23-24H,7-8H2,1-2H3/t9-,10-/m1/s1. The maximum absolute atomic E-state index is 12.8. The van der Waals surface area contributed by atoms with E-state index in [1.165, 1.54) is 38.1 Å². The molecule has 2 aromatic rings. The van der Waals surface area contributed by atoms with E-state index in [2.05, 4.69) is 0 Å². The molecule has 2 heterocycles. The maximum Gasteiger partial charge on any atom is 0.261 e. The summed E-state index contributed by atoms with van der Waals surface area (Å²) in [4.78, 5) is 53.3. The van der Waals surface area contributed by atoms with Gasteiger partial charge in [-0.3, -0.25) is 29.0 Å². The highest BCUT2D eigenvalue weighted by Crippen LogP contribution is 2.37. The van der Waals surface area contributed by atoms with Crippen molar-refractivity contribution >= 4 is 34.4 Å². The van der Waals surface area contributed by atoms with Crippen molar-refractivity contribution in [1.29, 1.82) is 0 Å². The number of hydrogen-bond donors (Lipinski definition) is 2. The van der Waals surface area contributed by atoms with Crippen molar-refractivity contribution in [2.24, 2.45) is 0 Å². The Kier molecular flexibility index (Phi) is 4.06. The zero-order chi connectivity index (χ0) is 20.3. The number of aliphatic hydroxyl groups excluding tert-OH is 2. The molecule has 0 saturated heterocycles. The summed E-state index contributed by atoms with van der Waals surface area (Å²) in [6, 6.07) is 5.85. The normalized spacial score (nSPS) is 18.1. The van der Waals surface area contributed by atoms with E-state index in [9.17, 15) is 29.4 Å². The number of hydrogen-bond acceptors (Lipinski definition) is 6. The van der Waals surface area contributed by atoms with Crippen LogP contribution in [0.1, 0.15) is 55.3 Å². The Bertz CT molecular complexity index is 917. The molecule has 0 saturated carbocycles. The molecule has 144 valence electrons. The molecule has 0 unspecified atom stereocenters. The van der Waals surface area contributed by atoms with Crippen LogP contribution in [0.2, 0.25) is 0 Å². The number of rotatable bonds is 4. The molecule has 2 atom stereocenters. The van der Waals surface area contributed by atoms with Crippen molar-refractivity contribution in [2.45, 2.75) is 26.1 Å². The fourth-order valence-corrected chi connectivity index (χ4v) is 3.83. The highest BCUT2D eigenvalue weighted by molar-refractivity contribution is 6.33. The fourth-order valence-electron chi connectivity index (χ4n) is 3.83. The van der Waals surface area contributed by atoms with Gasteiger partial charge in [-0.2, -0.15) is 0 Å². The third kappa shape index (κ3) is 2.45. The molecule has 4 amide bonds. The molecule has 0 radical (unpaired) electrons. The predicted molar refractivity (Wildman–Crippen MR) is 98.0 cm³/mol. The van der Waals surface area contributed by atoms with E-state index < -0.39 is 35.8 Å². The van der Waals surface area contributed by atoms with E-state index >= 15 is 0 Å². The van der Waals surface area contributed by atoms with E-state index in [4.69, 9.17) is 0 Å². The number of carbonyl (C=O) groups excluding carboxylic acids is 4. The van der Waals surface area contributed by atoms with Crippen LogP contribution in [0.25, 0.3) is 10.8 Å². The molecular weight excluding hydrogens is 364 g/mol. The highest BCUT2D eigenvalue weighted by atomic mass is 16.3. The average Bonchev–Trinajstić information content (AvgIpc) is 2.64. The number of imide groups is 2. The van der Waals surface area contributed by atoms with Gasteiger partial charge in [0.1, 0.15) is 0 Å². The minimum Gasteiger partial charge on any atom is -0.392 e. The second-order valence-corrected chi connectivity index (χ2v) is 7.21. The summed E-state index contributed by atoms with van der Waals surface area (Å²) in [5, 5.41) is 19.8. The van der Waals surface area contributed by atoms with E-state index in [1.54, 1.807) is 0 Å². The van der Waals surface area contributed by atoms with Gasteiger partial charge in [0.05, 0.1) is 25.3 Å². The molecule has 2 aliphatic heterocycles. The second kappa shape index (κ2) is 6.22. The lowest BCUT2D eigenvalue weighted by atomic mass is 9.86. The van der Waals surface area contributed by atoms with E-state index in [0.717, 1.165) is 9.80 Å².